The summed E-state index contributed by atoms with van der Waals surface area (Å²) in [5.41, 5.74) is 0. The van der Waals surface area contributed by atoms with Gasteiger partial charge < -0.3 is 15.1 Å². The molecule has 2 aromatic heterocycles. The van der Waals surface area contributed by atoms with E-state index in [1.165, 1.54) is 7.05 Å². The standard InChI is InChI=1S/C12H14F2N4O/c1-6-5-16-12(19-6)7(2)17-11-9(14)4-8(13)10(15-3)18-11/h4-5,7H,1-3H3,(H2,15,17,18). The van der Waals surface area contributed by atoms with Gasteiger partial charge in [-0.05, 0) is 13.8 Å². The molecule has 0 radical (unpaired) electrons. The second-order valence-electron chi connectivity index (χ2n) is 4.07. The summed E-state index contributed by atoms with van der Waals surface area (Å²) in [7, 11) is 1.51. The van der Waals surface area contributed by atoms with Crippen LogP contribution in [0.3, 0.4) is 0 Å². The molecule has 2 aromatic rings. The predicted octanol–water partition coefficient (Wildman–Crippen LogP) is 2.87. The minimum absolute atomic E-state index is 0.0281. The Morgan fingerprint density at radius 1 is 1.26 bits per heavy atom. The molecule has 0 bridgehead atoms. The lowest BCUT2D eigenvalue weighted by Crippen LogP contribution is -2.11. The number of oxazole rings is 1. The van der Waals surface area contributed by atoms with Crippen LogP contribution in [0.2, 0.25) is 0 Å². The van der Waals surface area contributed by atoms with E-state index in [1.807, 2.05) is 0 Å². The molecule has 7 heteroatoms. The summed E-state index contributed by atoms with van der Waals surface area (Å²) in [4.78, 5) is 7.85. The molecule has 0 saturated heterocycles. The van der Waals surface area contributed by atoms with Crippen LogP contribution >= 0.6 is 0 Å². The maximum Gasteiger partial charge on any atom is 0.216 e. The molecule has 0 spiro atoms. The number of hydrogen-bond donors (Lipinski definition) is 2. The largest absolute Gasteiger partial charge is 0.444 e. The molecule has 0 aliphatic carbocycles. The van der Waals surface area contributed by atoms with Crippen molar-refractivity contribution in [3.63, 3.8) is 0 Å². The summed E-state index contributed by atoms with van der Waals surface area (Å²) in [5.74, 6) is -0.535. The molecule has 0 saturated carbocycles. The van der Waals surface area contributed by atoms with Gasteiger partial charge in [0.2, 0.25) is 5.89 Å². The van der Waals surface area contributed by atoms with Crippen LogP contribution in [0.25, 0.3) is 0 Å². The number of halogens is 2. The molecule has 0 aliphatic rings. The average molecular weight is 268 g/mol. The van der Waals surface area contributed by atoms with E-state index in [0.29, 0.717) is 11.7 Å². The van der Waals surface area contributed by atoms with Gasteiger partial charge in [0.05, 0.1) is 6.20 Å². The van der Waals surface area contributed by atoms with Gasteiger partial charge in [-0.1, -0.05) is 0 Å². The first-order valence-corrected chi connectivity index (χ1v) is 5.74. The van der Waals surface area contributed by atoms with Crippen LogP contribution in [-0.4, -0.2) is 17.0 Å². The third-order valence-electron chi connectivity index (χ3n) is 2.53. The molecular formula is C12H14F2N4O. The minimum Gasteiger partial charge on any atom is -0.444 e. The van der Waals surface area contributed by atoms with Crippen LogP contribution < -0.4 is 10.6 Å². The Morgan fingerprint density at radius 2 is 1.95 bits per heavy atom. The fraction of sp³-hybridized carbons (Fsp3) is 0.333. The zero-order chi connectivity index (χ0) is 14.0. The summed E-state index contributed by atoms with van der Waals surface area (Å²) >= 11 is 0. The van der Waals surface area contributed by atoms with Crippen LogP contribution in [0.4, 0.5) is 20.4 Å². The van der Waals surface area contributed by atoms with E-state index in [-0.39, 0.29) is 17.7 Å². The van der Waals surface area contributed by atoms with E-state index < -0.39 is 11.6 Å². The first-order chi connectivity index (χ1) is 9.01. The molecule has 2 rings (SSSR count). The highest BCUT2D eigenvalue weighted by Crippen LogP contribution is 2.23. The number of aromatic nitrogens is 2. The fourth-order valence-electron chi connectivity index (χ4n) is 1.58. The first kappa shape index (κ1) is 13.3. The molecular weight excluding hydrogens is 254 g/mol. The lowest BCUT2D eigenvalue weighted by atomic mass is 10.3. The van der Waals surface area contributed by atoms with Gasteiger partial charge in [0.15, 0.2) is 23.3 Å². The molecule has 0 amide bonds. The van der Waals surface area contributed by atoms with E-state index in [2.05, 4.69) is 20.6 Å². The average Bonchev–Trinajstić information content (AvgIpc) is 2.79. The Labute approximate surface area is 109 Å². The van der Waals surface area contributed by atoms with Gasteiger partial charge in [-0.15, -0.1) is 0 Å². The van der Waals surface area contributed by atoms with Gasteiger partial charge in [0.25, 0.3) is 0 Å². The Hall–Kier alpha value is -2.18. The van der Waals surface area contributed by atoms with E-state index in [1.54, 1.807) is 20.0 Å². The molecule has 5 nitrogen and oxygen atoms in total. The smallest absolute Gasteiger partial charge is 0.216 e. The van der Waals surface area contributed by atoms with Crippen molar-refractivity contribution in [1.29, 1.82) is 0 Å². The van der Waals surface area contributed by atoms with E-state index in [9.17, 15) is 8.78 Å². The molecule has 2 heterocycles. The van der Waals surface area contributed by atoms with Crippen molar-refractivity contribution in [2.45, 2.75) is 19.9 Å². The van der Waals surface area contributed by atoms with Crippen molar-refractivity contribution in [2.75, 3.05) is 17.7 Å². The normalized spacial score (nSPS) is 12.3. The van der Waals surface area contributed by atoms with Gasteiger partial charge in [-0.25, -0.2) is 18.7 Å². The molecule has 2 N–H and O–H groups in total. The molecule has 0 aliphatic heterocycles. The molecule has 102 valence electrons. The second kappa shape index (κ2) is 5.21. The van der Waals surface area contributed by atoms with Gasteiger partial charge in [0, 0.05) is 13.1 Å². The van der Waals surface area contributed by atoms with Crippen LogP contribution in [0.1, 0.15) is 24.6 Å². The van der Waals surface area contributed by atoms with E-state index in [4.69, 9.17) is 4.42 Å². The third kappa shape index (κ3) is 2.81. The highest BCUT2D eigenvalue weighted by atomic mass is 19.1. The highest BCUT2D eigenvalue weighted by Gasteiger charge is 2.16. The maximum atomic E-state index is 13.6. The van der Waals surface area contributed by atoms with Crippen molar-refractivity contribution >= 4 is 11.6 Å². The second-order valence-corrected chi connectivity index (χ2v) is 4.07. The van der Waals surface area contributed by atoms with Gasteiger partial charge >= 0.3 is 0 Å². The Morgan fingerprint density at radius 3 is 2.53 bits per heavy atom. The zero-order valence-electron chi connectivity index (χ0n) is 10.8. The molecule has 19 heavy (non-hydrogen) atoms. The monoisotopic (exact) mass is 268 g/mol. The number of pyridine rings is 1. The van der Waals surface area contributed by atoms with Gasteiger partial charge in [-0.3, -0.25) is 0 Å². The molecule has 0 fully saturated rings. The summed E-state index contributed by atoms with van der Waals surface area (Å²) in [6.07, 6.45) is 1.57. The number of rotatable bonds is 4. The summed E-state index contributed by atoms with van der Waals surface area (Å²) in [6.45, 7) is 3.51. The predicted molar refractivity (Wildman–Crippen MR) is 67.0 cm³/mol. The maximum absolute atomic E-state index is 13.6. The molecule has 1 atom stereocenters. The van der Waals surface area contributed by atoms with Crippen molar-refractivity contribution in [3.8, 4) is 0 Å². The number of nitrogens with one attached hydrogen (secondary N) is 2. The Kier molecular flexibility index (Phi) is 3.64. The quantitative estimate of drug-likeness (QED) is 0.892. The van der Waals surface area contributed by atoms with Crippen LogP contribution in [-0.2, 0) is 0 Å². The van der Waals surface area contributed by atoms with E-state index >= 15 is 0 Å². The number of hydrogen-bond acceptors (Lipinski definition) is 5. The van der Waals surface area contributed by atoms with E-state index in [0.717, 1.165) is 6.07 Å². The number of aryl methyl sites for hydroxylation is 1. The summed E-state index contributed by atoms with van der Waals surface area (Å²) in [5, 5.41) is 5.34. The van der Waals surface area contributed by atoms with Crippen molar-refractivity contribution in [1.82, 2.24) is 9.97 Å². The van der Waals surface area contributed by atoms with Gasteiger partial charge in [-0.2, -0.15) is 0 Å². The van der Waals surface area contributed by atoms with Crippen molar-refractivity contribution in [2.24, 2.45) is 0 Å². The van der Waals surface area contributed by atoms with Crippen LogP contribution in [0, 0.1) is 18.6 Å². The first-order valence-electron chi connectivity index (χ1n) is 5.74. The lowest BCUT2D eigenvalue weighted by molar-refractivity contribution is 0.452. The minimum atomic E-state index is -0.772. The molecule has 1 unspecified atom stereocenters. The topological polar surface area (TPSA) is 63.0 Å². The summed E-state index contributed by atoms with van der Waals surface area (Å²) in [6, 6.07) is 0.389. The Bertz CT molecular complexity index is 585. The fourth-order valence-corrected chi connectivity index (χ4v) is 1.58. The number of nitrogens with zero attached hydrogens (tertiary/aromatic N) is 2. The van der Waals surface area contributed by atoms with Crippen molar-refractivity contribution in [3.05, 3.63) is 35.5 Å². The summed E-state index contributed by atoms with van der Waals surface area (Å²) < 4.78 is 32.2. The van der Waals surface area contributed by atoms with Gasteiger partial charge in [0.1, 0.15) is 11.8 Å². The highest BCUT2D eigenvalue weighted by molar-refractivity contribution is 5.47. The Balaban J connectivity index is 2.23. The van der Waals surface area contributed by atoms with Crippen molar-refractivity contribution < 1.29 is 13.2 Å². The SMILES string of the molecule is CNc1nc(NC(C)c2ncc(C)o2)c(F)cc1F. The van der Waals surface area contributed by atoms with Crippen LogP contribution in [0.15, 0.2) is 16.7 Å². The third-order valence-corrected chi connectivity index (χ3v) is 2.53. The molecule has 0 aromatic carbocycles. The lowest BCUT2D eigenvalue weighted by Gasteiger charge is -2.13. The number of anilines is 2. The zero-order valence-corrected chi connectivity index (χ0v) is 10.8. The van der Waals surface area contributed by atoms with Crippen LogP contribution in [0.5, 0.6) is 0 Å².